The first-order valence-electron chi connectivity index (χ1n) is 6.99. The van der Waals surface area contributed by atoms with E-state index < -0.39 is 0 Å². The van der Waals surface area contributed by atoms with Crippen molar-refractivity contribution in [3.63, 3.8) is 0 Å². The van der Waals surface area contributed by atoms with Gasteiger partial charge >= 0.3 is 0 Å². The van der Waals surface area contributed by atoms with Crippen LogP contribution in [0.5, 0.6) is 0 Å². The lowest BCUT2D eigenvalue weighted by Gasteiger charge is -2.32. The average Bonchev–Trinajstić information content (AvgIpc) is 2.40. The number of nitrogens with zero attached hydrogens (tertiary/aromatic N) is 1. The SMILES string of the molecule is CNC1CCCCC1OCCN1CCOCC1. The van der Waals surface area contributed by atoms with Gasteiger partial charge < -0.3 is 14.8 Å². The highest BCUT2D eigenvalue weighted by Gasteiger charge is 2.24. The second kappa shape index (κ2) is 7.31. The molecule has 2 aliphatic rings. The summed E-state index contributed by atoms with van der Waals surface area (Å²) in [5.41, 5.74) is 0. The zero-order valence-corrected chi connectivity index (χ0v) is 11.0. The predicted octanol–water partition coefficient (Wildman–Crippen LogP) is 0.866. The van der Waals surface area contributed by atoms with Gasteiger partial charge in [0, 0.05) is 25.7 Å². The van der Waals surface area contributed by atoms with Gasteiger partial charge in [-0.25, -0.2) is 0 Å². The molecule has 0 radical (unpaired) electrons. The number of nitrogens with one attached hydrogen (secondary N) is 1. The van der Waals surface area contributed by atoms with E-state index in [0.717, 1.165) is 39.5 Å². The molecule has 1 N–H and O–H groups in total. The van der Waals surface area contributed by atoms with Gasteiger partial charge in [-0.1, -0.05) is 12.8 Å². The van der Waals surface area contributed by atoms with Gasteiger partial charge in [-0.2, -0.15) is 0 Å². The Labute approximate surface area is 105 Å². The Hall–Kier alpha value is -0.160. The van der Waals surface area contributed by atoms with Crippen molar-refractivity contribution in [1.29, 1.82) is 0 Å². The fourth-order valence-corrected chi connectivity index (χ4v) is 2.78. The fourth-order valence-electron chi connectivity index (χ4n) is 2.78. The van der Waals surface area contributed by atoms with Gasteiger partial charge in [-0.15, -0.1) is 0 Å². The summed E-state index contributed by atoms with van der Waals surface area (Å²) in [7, 11) is 2.05. The highest BCUT2D eigenvalue weighted by atomic mass is 16.5. The molecule has 2 rings (SSSR count). The van der Waals surface area contributed by atoms with E-state index in [9.17, 15) is 0 Å². The molecular weight excluding hydrogens is 216 g/mol. The normalized spacial score (nSPS) is 31.6. The van der Waals surface area contributed by atoms with Gasteiger partial charge in [-0.05, 0) is 19.9 Å². The Bertz CT molecular complexity index is 208. The molecular formula is C13H26N2O2. The van der Waals surface area contributed by atoms with E-state index in [1.165, 1.54) is 25.7 Å². The highest BCUT2D eigenvalue weighted by molar-refractivity contribution is 4.80. The lowest BCUT2D eigenvalue weighted by molar-refractivity contribution is -0.0197. The second-order valence-corrected chi connectivity index (χ2v) is 5.04. The molecule has 0 spiro atoms. The minimum atomic E-state index is 0.426. The van der Waals surface area contributed by atoms with E-state index in [2.05, 4.69) is 10.2 Å². The van der Waals surface area contributed by atoms with Gasteiger partial charge in [0.05, 0.1) is 25.9 Å². The van der Waals surface area contributed by atoms with E-state index in [0.29, 0.717) is 12.1 Å². The third kappa shape index (κ3) is 4.21. The maximum absolute atomic E-state index is 6.04. The first-order valence-corrected chi connectivity index (χ1v) is 6.99. The summed E-state index contributed by atoms with van der Waals surface area (Å²) in [6.07, 6.45) is 5.57. The van der Waals surface area contributed by atoms with Crippen LogP contribution in [0.1, 0.15) is 25.7 Å². The van der Waals surface area contributed by atoms with Crippen molar-refractivity contribution in [2.45, 2.75) is 37.8 Å². The maximum atomic E-state index is 6.04. The molecule has 2 fully saturated rings. The molecule has 4 nitrogen and oxygen atoms in total. The maximum Gasteiger partial charge on any atom is 0.0728 e. The molecule has 4 heteroatoms. The molecule has 1 saturated carbocycles. The Morgan fingerprint density at radius 3 is 2.76 bits per heavy atom. The lowest BCUT2D eigenvalue weighted by atomic mass is 9.92. The van der Waals surface area contributed by atoms with Crippen molar-refractivity contribution in [1.82, 2.24) is 10.2 Å². The van der Waals surface area contributed by atoms with Gasteiger partial charge in [-0.3, -0.25) is 4.90 Å². The summed E-state index contributed by atoms with van der Waals surface area (Å²) in [6.45, 7) is 5.79. The van der Waals surface area contributed by atoms with Crippen LogP contribution in [-0.4, -0.2) is 63.5 Å². The van der Waals surface area contributed by atoms with E-state index in [1.807, 2.05) is 7.05 Å². The minimum absolute atomic E-state index is 0.426. The van der Waals surface area contributed by atoms with Gasteiger partial charge in [0.15, 0.2) is 0 Å². The fraction of sp³-hybridized carbons (Fsp3) is 1.00. The number of hydrogen-bond acceptors (Lipinski definition) is 4. The van der Waals surface area contributed by atoms with Crippen LogP contribution in [0.3, 0.4) is 0 Å². The largest absolute Gasteiger partial charge is 0.379 e. The standard InChI is InChI=1S/C13H26N2O2/c1-14-12-4-2-3-5-13(12)17-11-8-15-6-9-16-10-7-15/h12-14H,2-11H2,1H3. The molecule has 2 unspecified atom stereocenters. The number of rotatable bonds is 5. The van der Waals surface area contributed by atoms with Crippen LogP contribution in [0.25, 0.3) is 0 Å². The quantitative estimate of drug-likeness (QED) is 0.775. The summed E-state index contributed by atoms with van der Waals surface area (Å²) in [6, 6.07) is 0.563. The number of likely N-dealkylation sites (N-methyl/N-ethyl adjacent to an activating group) is 1. The first kappa shape index (κ1) is 13.3. The summed E-state index contributed by atoms with van der Waals surface area (Å²) in [5.74, 6) is 0. The summed E-state index contributed by atoms with van der Waals surface area (Å²) in [5, 5.41) is 3.38. The van der Waals surface area contributed by atoms with E-state index in [-0.39, 0.29) is 0 Å². The topological polar surface area (TPSA) is 33.7 Å². The highest BCUT2D eigenvalue weighted by Crippen LogP contribution is 2.20. The van der Waals surface area contributed by atoms with Crippen molar-refractivity contribution in [2.75, 3.05) is 46.5 Å². The van der Waals surface area contributed by atoms with Crippen LogP contribution in [0.15, 0.2) is 0 Å². The van der Waals surface area contributed by atoms with E-state index >= 15 is 0 Å². The lowest BCUT2D eigenvalue weighted by Crippen LogP contribution is -2.44. The zero-order valence-electron chi connectivity index (χ0n) is 11.0. The summed E-state index contributed by atoms with van der Waals surface area (Å²) >= 11 is 0. The molecule has 0 bridgehead atoms. The molecule has 1 heterocycles. The molecule has 0 aromatic carbocycles. The van der Waals surface area contributed by atoms with Crippen LogP contribution in [0, 0.1) is 0 Å². The average molecular weight is 242 g/mol. The van der Waals surface area contributed by atoms with Gasteiger partial charge in [0.2, 0.25) is 0 Å². The molecule has 2 atom stereocenters. The van der Waals surface area contributed by atoms with Crippen LogP contribution < -0.4 is 5.32 Å². The van der Waals surface area contributed by atoms with E-state index in [4.69, 9.17) is 9.47 Å². The van der Waals surface area contributed by atoms with Crippen LogP contribution in [0.2, 0.25) is 0 Å². The van der Waals surface area contributed by atoms with Crippen molar-refractivity contribution < 1.29 is 9.47 Å². The monoisotopic (exact) mass is 242 g/mol. The van der Waals surface area contributed by atoms with Crippen molar-refractivity contribution in [3.8, 4) is 0 Å². The smallest absolute Gasteiger partial charge is 0.0728 e. The predicted molar refractivity (Wildman–Crippen MR) is 68.3 cm³/mol. The third-order valence-corrected chi connectivity index (χ3v) is 3.92. The molecule has 0 aromatic heterocycles. The number of hydrogen-bond donors (Lipinski definition) is 1. The minimum Gasteiger partial charge on any atom is -0.379 e. The molecule has 1 aliphatic heterocycles. The Balaban J connectivity index is 1.62. The van der Waals surface area contributed by atoms with Crippen LogP contribution in [0.4, 0.5) is 0 Å². The molecule has 1 aliphatic carbocycles. The first-order chi connectivity index (χ1) is 8.40. The number of ether oxygens (including phenoxy) is 2. The van der Waals surface area contributed by atoms with Gasteiger partial charge in [0.1, 0.15) is 0 Å². The Morgan fingerprint density at radius 2 is 2.00 bits per heavy atom. The summed E-state index contributed by atoms with van der Waals surface area (Å²) < 4.78 is 11.4. The van der Waals surface area contributed by atoms with Crippen LogP contribution >= 0.6 is 0 Å². The van der Waals surface area contributed by atoms with Gasteiger partial charge in [0.25, 0.3) is 0 Å². The van der Waals surface area contributed by atoms with Crippen LogP contribution in [-0.2, 0) is 9.47 Å². The number of morpholine rings is 1. The molecule has 1 saturated heterocycles. The summed E-state index contributed by atoms with van der Waals surface area (Å²) in [4.78, 5) is 2.43. The molecule has 0 amide bonds. The van der Waals surface area contributed by atoms with E-state index in [1.54, 1.807) is 0 Å². The molecule has 17 heavy (non-hydrogen) atoms. The molecule has 0 aromatic rings. The third-order valence-electron chi connectivity index (χ3n) is 3.92. The Kier molecular flexibility index (Phi) is 5.71. The second-order valence-electron chi connectivity index (χ2n) is 5.04. The van der Waals surface area contributed by atoms with Crippen molar-refractivity contribution >= 4 is 0 Å². The molecule has 100 valence electrons. The van der Waals surface area contributed by atoms with Crippen molar-refractivity contribution in [3.05, 3.63) is 0 Å². The zero-order chi connectivity index (χ0) is 11.9. The Morgan fingerprint density at radius 1 is 1.24 bits per heavy atom. The van der Waals surface area contributed by atoms with Crippen molar-refractivity contribution in [2.24, 2.45) is 0 Å².